The average Bonchev–Trinajstić information content (AvgIpc) is 2.47. The lowest BCUT2D eigenvalue weighted by molar-refractivity contribution is 0.0581. The van der Waals surface area contributed by atoms with Crippen LogP contribution in [0.3, 0.4) is 0 Å². The van der Waals surface area contributed by atoms with Crippen LogP contribution in [-0.4, -0.2) is 42.2 Å². The van der Waals surface area contributed by atoms with Gasteiger partial charge in [-0.2, -0.15) is 4.98 Å². The minimum Gasteiger partial charge on any atom is -0.473 e. The van der Waals surface area contributed by atoms with Gasteiger partial charge in [-0.15, -0.1) is 0 Å². The number of carbonyl (C=O) groups excluding carboxylic acids is 1. The second-order valence-electron chi connectivity index (χ2n) is 4.55. The summed E-state index contributed by atoms with van der Waals surface area (Å²) in [6.45, 7) is 0. The van der Waals surface area contributed by atoms with E-state index in [2.05, 4.69) is 20.0 Å². The summed E-state index contributed by atoms with van der Waals surface area (Å²) in [6, 6.07) is 1.98. The minimum absolute atomic E-state index is 0.0248. The Morgan fingerprint density at radius 2 is 2.21 bits per heavy atom. The molecular weight excluding hydrogens is 246 g/mol. The zero-order valence-electron chi connectivity index (χ0n) is 11.3. The van der Waals surface area contributed by atoms with Gasteiger partial charge in [0.25, 0.3) is 0 Å². The van der Waals surface area contributed by atoms with Crippen LogP contribution in [-0.2, 0) is 4.74 Å². The van der Waals surface area contributed by atoms with E-state index in [0.717, 1.165) is 19.3 Å². The van der Waals surface area contributed by atoms with Crippen LogP contribution < -0.4 is 10.1 Å². The molecule has 1 aliphatic rings. The van der Waals surface area contributed by atoms with E-state index in [1.54, 1.807) is 6.07 Å². The number of nitrogens with one attached hydrogen (secondary N) is 1. The summed E-state index contributed by atoms with van der Waals surface area (Å²) in [6.07, 6.45) is 6.03. The molecule has 6 nitrogen and oxygen atoms in total. The molecule has 1 aromatic heterocycles. The van der Waals surface area contributed by atoms with E-state index < -0.39 is 5.97 Å². The first-order valence-corrected chi connectivity index (χ1v) is 6.50. The second kappa shape index (κ2) is 6.47. The van der Waals surface area contributed by atoms with Gasteiger partial charge in [-0.25, -0.2) is 9.78 Å². The van der Waals surface area contributed by atoms with Gasteiger partial charge < -0.3 is 14.8 Å². The van der Waals surface area contributed by atoms with Gasteiger partial charge >= 0.3 is 5.97 Å². The Bertz CT molecular complexity index is 439. The highest BCUT2D eigenvalue weighted by atomic mass is 16.5. The third kappa shape index (κ3) is 3.41. The summed E-state index contributed by atoms with van der Waals surface area (Å²) in [5.41, 5.74) is 0. The van der Waals surface area contributed by atoms with Crippen LogP contribution in [0.15, 0.2) is 12.3 Å². The Kier molecular flexibility index (Phi) is 4.68. The molecule has 1 aromatic rings. The van der Waals surface area contributed by atoms with Crippen molar-refractivity contribution in [2.75, 3.05) is 14.2 Å². The van der Waals surface area contributed by atoms with Gasteiger partial charge in [0.1, 0.15) is 6.10 Å². The first-order chi connectivity index (χ1) is 9.24. The zero-order valence-corrected chi connectivity index (χ0v) is 11.3. The third-order valence-electron chi connectivity index (χ3n) is 3.34. The molecule has 0 spiro atoms. The van der Waals surface area contributed by atoms with E-state index in [1.807, 2.05) is 7.05 Å². The standard InChI is InChI=1S/C13H19N3O3/c1-14-9-5-3-4-6-10(9)19-11-7-8-15-12(16-11)13(17)18-2/h7-10,14H,3-6H2,1-2H3. The number of rotatable bonds is 4. The molecule has 104 valence electrons. The van der Waals surface area contributed by atoms with Crippen molar-refractivity contribution in [1.29, 1.82) is 0 Å². The Hall–Kier alpha value is -1.69. The maximum Gasteiger partial charge on any atom is 0.376 e. The molecule has 6 heteroatoms. The Morgan fingerprint density at radius 1 is 1.42 bits per heavy atom. The van der Waals surface area contributed by atoms with Gasteiger partial charge in [-0.05, 0) is 26.3 Å². The maximum absolute atomic E-state index is 11.4. The SMILES string of the molecule is CNC1CCCCC1Oc1ccnc(C(=O)OC)n1. The van der Waals surface area contributed by atoms with Gasteiger partial charge in [0.05, 0.1) is 7.11 Å². The summed E-state index contributed by atoms with van der Waals surface area (Å²) < 4.78 is 10.5. The number of nitrogens with zero attached hydrogens (tertiary/aromatic N) is 2. The number of hydrogen-bond acceptors (Lipinski definition) is 6. The lowest BCUT2D eigenvalue weighted by Crippen LogP contribution is -2.43. The number of aromatic nitrogens is 2. The summed E-state index contributed by atoms with van der Waals surface area (Å²) in [4.78, 5) is 19.3. The van der Waals surface area contributed by atoms with Crippen LogP contribution in [0.1, 0.15) is 36.3 Å². The smallest absolute Gasteiger partial charge is 0.376 e. The van der Waals surface area contributed by atoms with Crippen molar-refractivity contribution < 1.29 is 14.3 Å². The topological polar surface area (TPSA) is 73.3 Å². The van der Waals surface area contributed by atoms with Crippen molar-refractivity contribution in [2.24, 2.45) is 0 Å². The largest absolute Gasteiger partial charge is 0.473 e. The van der Waals surface area contributed by atoms with Gasteiger partial charge in [-0.3, -0.25) is 0 Å². The van der Waals surface area contributed by atoms with Crippen LogP contribution in [0.4, 0.5) is 0 Å². The number of likely N-dealkylation sites (N-methyl/N-ethyl adjacent to an activating group) is 1. The summed E-state index contributed by atoms with van der Waals surface area (Å²) in [5.74, 6) is -0.112. The van der Waals surface area contributed by atoms with Gasteiger partial charge in [0.15, 0.2) is 0 Å². The van der Waals surface area contributed by atoms with Crippen LogP contribution >= 0.6 is 0 Å². The predicted molar refractivity (Wildman–Crippen MR) is 69.1 cm³/mol. The van der Waals surface area contributed by atoms with Crippen molar-refractivity contribution in [2.45, 2.75) is 37.8 Å². The average molecular weight is 265 g/mol. The highest BCUT2D eigenvalue weighted by molar-refractivity contribution is 5.84. The maximum atomic E-state index is 11.4. The normalized spacial score (nSPS) is 22.8. The summed E-state index contributed by atoms with van der Waals surface area (Å²) in [7, 11) is 3.24. The van der Waals surface area contributed by atoms with E-state index in [-0.39, 0.29) is 11.9 Å². The lowest BCUT2D eigenvalue weighted by Gasteiger charge is -2.31. The molecule has 1 heterocycles. The number of ether oxygens (including phenoxy) is 2. The highest BCUT2D eigenvalue weighted by Crippen LogP contribution is 2.22. The molecular formula is C13H19N3O3. The molecule has 1 N–H and O–H groups in total. The Balaban J connectivity index is 2.07. The van der Waals surface area contributed by atoms with Gasteiger partial charge in [0.2, 0.25) is 11.7 Å². The van der Waals surface area contributed by atoms with Crippen molar-refractivity contribution in [1.82, 2.24) is 15.3 Å². The quantitative estimate of drug-likeness (QED) is 0.824. The first-order valence-electron chi connectivity index (χ1n) is 6.50. The number of hydrogen-bond donors (Lipinski definition) is 1. The molecule has 1 saturated carbocycles. The molecule has 0 saturated heterocycles. The fourth-order valence-electron chi connectivity index (χ4n) is 2.32. The van der Waals surface area contributed by atoms with Crippen LogP contribution in [0.5, 0.6) is 5.88 Å². The summed E-state index contributed by atoms with van der Waals surface area (Å²) in [5, 5.41) is 3.26. The van der Waals surface area contributed by atoms with Crippen LogP contribution in [0.25, 0.3) is 0 Å². The lowest BCUT2D eigenvalue weighted by atomic mass is 9.92. The Labute approximate surface area is 112 Å². The first kappa shape index (κ1) is 13.7. The molecule has 2 rings (SSSR count). The number of carbonyl (C=O) groups is 1. The van der Waals surface area contributed by atoms with Crippen molar-refractivity contribution in [3.8, 4) is 5.88 Å². The molecule has 0 bridgehead atoms. The molecule has 0 radical (unpaired) electrons. The van der Waals surface area contributed by atoms with Crippen LogP contribution in [0.2, 0.25) is 0 Å². The van der Waals surface area contributed by atoms with E-state index in [0.29, 0.717) is 11.9 Å². The number of methoxy groups -OCH3 is 1. The van der Waals surface area contributed by atoms with Gasteiger partial charge in [-0.1, -0.05) is 6.42 Å². The molecule has 0 aromatic carbocycles. The molecule has 19 heavy (non-hydrogen) atoms. The zero-order chi connectivity index (χ0) is 13.7. The van der Waals surface area contributed by atoms with E-state index in [9.17, 15) is 4.79 Å². The predicted octanol–water partition coefficient (Wildman–Crippen LogP) is 1.17. The molecule has 2 atom stereocenters. The van der Waals surface area contributed by atoms with Crippen LogP contribution in [0, 0.1) is 0 Å². The van der Waals surface area contributed by atoms with Gasteiger partial charge in [0, 0.05) is 18.3 Å². The molecule has 0 aliphatic heterocycles. The third-order valence-corrected chi connectivity index (χ3v) is 3.34. The fraction of sp³-hybridized carbons (Fsp3) is 0.615. The Morgan fingerprint density at radius 3 is 2.95 bits per heavy atom. The molecule has 2 unspecified atom stereocenters. The number of esters is 1. The second-order valence-corrected chi connectivity index (χ2v) is 4.55. The van der Waals surface area contributed by atoms with E-state index in [1.165, 1.54) is 19.7 Å². The van der Waals surface area contributed by atoms with E-state index >= 15 is 0 Å². The van der Waals surface area contributed by atoms with Crippen molar-refractivity contribution in [3.05, 3.63) is 18.1 Å². The monoisotopic (exact) mass is 265 g/mol. The van der Waals surface area contributed by atoms with Crippen molar-refractivity contribution >= 4 is 5.97 Å². The molecule has 1 fully saturated rings. The minimum atomic E-state index is -0.556. The molecule has 0 amide bonds. The highest BCUT2D eigenvalue weighted by Gasteiger charge is 2.26. The fourth-order valence-corrected chi connectivity index (χ4v) is 2.32. The van der Waals surface area contributed by atoms with E-state index in [4.69, 9.17) is 4.74 Å². The summed E-state index contributed by atoms with van der Waals surface area (Å²) >= 11 is 0. The van der Waals surface area contributed by atoms with Crippen molar-refractivity contribution in [3.63, 3.8) is 0 Å². The molecule has 1 aliphatic carbocycles.